The average Bonchev–Trinajstić information content (AvgIpc) is 3.00. The molecule has 0 aromatic carbocycles. The second-order valence-corrected chi connectivity index (χ2v) is 5.49. The van der Waals surface area contributed by atoms with Gasteiger partial charge in [-0.1, -0.05) is 26.2 Å². The Hall–Kier alpha value is -1.03. The molecule has 1 aromatic rings. The van der Waals surface area contributed by atoms with Crippen LogP contribution in [0.4, 0.5) is 5.95 Å². The second-order valence-electron chi connectivity index (χ2n) is 5.49. The fourth-order valence-electron chi connectivity index (χ4n) is 2.60. The zero-order chi connectivity index (χ0) is 13.5. The molecule has 1 fully saturated rings. The molecule has 1 saturated carbocycles. The summed E-state index contributed by atoms with van der Waals surface area (Å²) in [5.74, 6) is 1.02. The number of unbranched alkanes of at least 4 members (excludes halogenated alkanes) is 1. The summed E-state index contributed by atoms with van der Waals surface area (Å²) in [7, 11) is 0. The van der Waals surface area contributed by atoms with Crippen molar-refractivity contribution in [1.82, 2.24) is 9.55 Å². The maximum Gasteiger partial charge on any atom is 0.203 e. The Morgan fingerprint density at radius 1 is 1.37 bits per heavy atom. The Bertz CT molecular complexity index is 369. The van der Waals surface area contributed by atoms with Gasteiger partial charge in [-0.25, -0.2) is 4.98 Å². The van der Waals surface area contributed by atoms with Crippen molar-refractivity contribution >= 4 is 5.95 Å². The molecule has 0 saturated heterocycles. The number of hydrogen-bond acceptors (Lipinski definition) is 3. The molecule has 0 unspecified atom stereocenters. The number of nitrogens with one attached hydrogen (secondary N) is 1. The van der Waals surface area contributed by atoms with E-state index in [1.165, 1.54) is 32.1 Å². The quantitative estimate of drug-likeness (QED) is 0.733. The van der Waals surface area contributed by atoms with Gasteiger partial charge in [0.05, 0.1) is 12.3 Å². The number of hydrogen-bond donors (Lipinski definition) is 1. The van der Waals surface area contributed by atoms with Crippen LogP contribution in [0.15, 0.2) is 6.20 Å². The molecule has 1 aliphatic carbocycles. The molecule has 0 bridgehead atoms. The predicted octanol–water partition coefficient (Wildman–Crippen LogP) is 3.36. The minimum Gasteiger partial charge on any atom is -0.380 e. The largest absolute Gasteiger partial charge is 0.380 e. The SMILES string of the molecule is CCCCOCCn1cc(C)nc1NC1CCCC1. The van der Waals surface area contributed by atoms with Crippen LogP contribution in [-0.4, -0.2) is 28.8 Å². The average molecular weight is 265 g/mol. The van der Waals surface area contributed by atoms with E-state index in [1.54, 1.807) is 0 Å². The van der Waals surface area contributed by atoms with Crippen molar-refractivity contribution in [3.8, 4) is 0 Å². The minimum atomic E-state index is 0.613. The smallest absolute Gasteiger partial charge is 0.203 e. The van der Waals surface area contributed by atoms with E-state index in [0.29, 0.717) is 6.04 Å². The van der Waals surface area contributed by atoms with E-state index in [9.17, 15) is 0 Å². The summed E-state index contributed by atoms with van der Waals surface area (Å²) in [5, 5.41) is 3.58. The van der Waals surface area contributed by atoms with Crippen LogP contribution in [-0.2, 0) is 11.3 Å². The molecular weight excluding hydrogens is 238 g/mol. The lowest BCUT2D eigenvalue weighted by molar-refractivity contribution is 0.124. The number of anilines is 1. The van der Waals surface area contributed by atoms with Crippen molar-refractivity contribution in [3.63, 3.8) is 0 Å². The first-order chi connectivity index (χ1) is 9.29. The minimum absolute atomic E-state index is 0.613. The highest BCUT2D eigenvalue weighted by molar-refractivity contribution is 5.30. The third kappa shape index (κ3) is 4.53. The number of ether oxygens (including phenoxy) is 1. The molecule has 0 aliphatic heterocycles. The number of nitrogens with zero attached hydrogens (tertiary/aromatic N) is 2. The first-order valence-electron chi connectivity index (χ1n) is 7.67. The molecule has 1 aliphatic rings. The van der Waals surface area contributed by atoms with E-state index in [0.717, 1.165) is 37.8 Å². The number of aryl methyl sites for hydroxylation is 1. The van der Waals surface area contributed by atoms with Gasteiger partial charge >= 0.3 is 0 Å². The standard InChI is InChI=1S/C15H27N3O/c1-3-4-10-19-11-9-18-12-13(2)16-15(18)17-14-7-5-6-8-14/h12,14H,3-11H2,1-2H3,(H,16,17). The van der Waals surface area contributed by atoms with Gasteiger partial charge in [-0.2, -0.15) is 0 Å². The number of imidazole rings is 1. The Morgan fingerprint density at radius 2 is 2.16 bits per heavy atom. The van der Waals surface area contributed by atoms with Crippen molar-refractivity contribution < 1.29 is 4.74 Å². The van der Waals surface area contributed by atoms with Gasteiger partial charge < -0.3 is 14.6 Å². The molecule has 1 heterocycles. The summed E-state index contributed by atoms with van der Waals surface area (Å²) in [6.07, 6.45) is 9.70. The third-order valence-electron chi connectivity index (χ3n) is 3.70. The van der Waals surface area contributed by atoms with Crippen molar-refractivity contribution in [1.29, 1.82) is 0 Å². The molecule has 4 heteroatoms. The molecule has 0 atom stereocenters. The van der Waals surface area contributed by atoms with E-state index in [1.807, 2.05) is 6.92 Å². The highest BCUT2D eigenvalue weighted by Gasteiger charge is 2.17. The summed E-state index contributed by atoms with van der Waals surface area (Å²) < 4.78 is 7.83. The van der Waals surface area contributed by atoms with Gasteiger partial charge in [0.1, 0.15) is 0 Å². The van der Waals surface area contributed by atoms with Gasteiger partial charge in [0, 0.05) is 25.4 Å². The summed E-state index contributed by atoms with van der Waals surface area (Å²) in [6, 6.07) is 0.613. The van der Waals surface area contributed by atoms with E-state index in [-0.39, 0.29) is 0 Å². The van der Waals surface area contributed by atoms with Crippen LogP contribution in [0.5, 0.6) is 0 Å². The van der Waals surface area contributed by atoms with Crippen molar-refractivity contribution in [2.45, 2.75) is 65.0 Å². The predicted molar refractivity (Wildman–Crippen MR) is 78.6 cm³/mol. The van der Waals surface area contributed by atoms with Gasteiger partial charge in [0.25, 0.3) is 0 Å². The second kappa shape index (κ2) is 7.53. The van der Waals surface area contributed by atoms with E-state index >= 15 is 0 Å². The monoisotopic (exact) mass is 265 g/mol. The highest BCUT2D eigenvalue weighted by Crippen LogP contribution is 2.22. The third-order valence-corrected chi connectivity index (χ3v) is 3.70. The molecular formula is C15H27N3O. The van der Waals surface area contributed by atoms with Gasteiger partial charge in [-0.05, 0) is 26.2 Å². The normalized spacial score (nSPS) is 16.1. The molecule has 4 nitrogen and oxygen atoms in total. The number of rotatable bonds is 8. The van der Waals surface area contributed by atoms with Gasteiger partial charge in [0.2, 0.25) is 5.95 Å². The lowest BCUT2D eigenvalue weighted by Crippen LogP contribution is -2.19. The van der Waals surface area contributed by atoms with Crippen LogP contribution in [0, 0.1) is 6.92 Å². The summed E-state index contributed by atoms with van der Waals surface area (Å²) in [4.78, 5) is 4.59. The fraction of sp³-hybridized carbons (Fsp3) is 0.800. The van der Waals surface area contributed by atoms with Crippen molar-refractivity contribution in [2.75, 3.05) is 18.5 Å². The Labute approximate surface area is 116 Å². The van der Waals surface area contributed by atoms with E-state index in [4.69, 9.17) is 4.74 Å². The van der Waals surface area contributed by atoms with Crippen LogP contribution in [0.3, 0.4) is 0 Å². The zero-order valence-corrected chi connectivity index (χ0v) is 12.3. The molecule has 108 valence electrons. The van der Waals surface area contributed by atoms with Crippen LogP contribution in [0.25, 0.3) is 0 Å². The maximum atomic E-state index is 5.64. The Balaban J connectivity index is 1.81. The highest BCUT2D eigenvalue weighted by atomic mass is 16.5. The van der Waals surface area contributed by atoms with Gasteiger partial charge in [0.15, 0.2) is 0 Å². The maximum absolute atomic E-state index is 5.64. The lowest BCUT2D eigenvalue weighted by Gasteiger charge is -2.14. The first kappa shape index (κ1) is 14.4. The molecule has 0 spiro atoms. The molecule has 0 amide bonds. The Morgan fingerprint density at radius 3 is 2.89 bits per heavy atom. The van der Waals surface area contributed by atoms with E-state index < -0.39 is 0 Å². The molecule has 19 heavy (non-hydrogen) atoms. The molecule has 0 radical (unpaired) electrons. The molecule has 1 aromatic heterocycles. The topological polar surface area (TPSA) is 39.1 Å². The zero-order valence-electron chi connectivity index (χ0n) is 12.3. The fourth-order valence-corrected chi connectivity index (χ4v) is 2.60. The van der Waals surface area contributed by atoms with Crippen LogP contribution in [0.1, 0.15) is 51.1 Å². The molecule has 2 rings (SSSR count). The van der Waals surface area contributed by atoms with E-state index in [2.05, 4.69) is 28.0 Å². The number of aromatic nitrogens is 2. The molecule has 1 N–H and O–H groups in total. The van der Waals surface area contributed by atoms with Gasteiger partial charge in [-0.15, -0.1) is 0 Å². The van der Waals surface area contributed by atoms with Crippen LogP contribution in [0.2, 0.25) is 0 Å². The summed E-state index contributed by atoms with van der Waals surface area (Å²) >= 11 is 0. The van der Waals surface area contributed by atoms with Crippen LogP contribution >= 0.6 is 0 Å². The van der Waals surface area contributed by atoms with Crippen LogP contribution < -0.4 is 5.32 Å². The van der Waals surface area contributed by atoms with Gasteiger partial charge in [-0.3, -0.25) is 0 Å². The summed E-state index contributed by atoms with van der Waals surface area (Å²) in [5.41, 5.74) is 1.08. The summed E-state index contributed by atoms with van der Waals surface area (Å²) in [6.45, 7) is 6.77. The Kier molecular flexibility index (Phi) is 5.70. The lowest BCUT2D eigenvalue weighted by atomic mass is 10.2. The van der Waals surface area contributed by atoms with Crippen molar-refractivity contribution in [2.24, 2.45) is 0 Å². The van der Waals surface area contributed by atoms with Crippen molar-refractivity contribution in [3.05, 3.63) is 11.9 Å². The first-order valence-corrected chi connectivity index (χ1v) is 7.67.